The van der Waals surface area contributed by atoms with E-state index >= 15 is 0 Å². The van der Waals surface area contributed by atoms with Crippen LogP contribution in [0.1, 0.15) is 41.8 Å². The van der Waals surface area contributed by atoms with Crippen molar-refractivity contribution < 1.29 is 24.2 Å². The lowest BCUT2D eigenvalue weighted by molar-refractivity contribution is -0.138. The van der Waals surface area contributed by atoms with Gasteiger partial charge < -0.3 is 20.5 Å². The number of carbonyl (C=O) groups excluding carboxylic acids is 2. The van der Waals surface area contributed by atoms with Gasteiger partial charge in [0.15, 0.2) is 0 Å². The van der Waals surface area contributed by atoms with Crippen LogP contribution in [0.2, 0.25) is 0 Å². The summed E-state index contributed by atoms with van der Waals surface area (Å²) in [6.45, 7) is 2.02. The van der Waals surface area contributed by atoms with Gasteiger partial charge in [-0.05, 0) is 49.6 Å². The molecule has 0 saturated carbocycles. The molecule has 1 saturated heterocycles. The van der Waals surface area contributed by atoms with Gasteiger partial charge in [0.1, 0.15) is 6.04 Å². The maximum Gasteiger partial charge on any atom is 0.325 e. The molecule has 3 rings (SSSR count). The second kappa shape index (κ2) is 9.34. The Labute approximate surface area is 169 Å². The van der Waals surface area contributed by atoms with E-state index in [9.17, 15) is 14.4 Å². The zero-order chi connectivity index (χ0) is 20.8. The Kier molecular flexibility index (Phi) is 6.61. The van der Waals surface area contributed by atoms with Crippen molar-refractivity contribution in [2.45, 2.75) is 31.9 Å². The minimum Gasteiger partial charge on any atom is -0.480 e. The van der Waals surface area contributed by atoms with Crippen molar-refractivity contribution in [2.75, 3.05) is 11.9 Å². The molecule has 0 radical (unpaired) electrons. The Morgan fingerprint density at radius 1 is 1.07 bits per heavy atom. The van der Waals surface area contributed by atoms with Crippen LogP contribution in [0.25, 0.3) is 0 Å². The van der Waals surface area contributed by atoms with Crippen LogP contribution in [0, 0.1) is 5.92 Å². The average molecular weight is 396 g/mol. The Hall–Kier alpha value is -3.19. The predicted octanol–water partition coefficient (Wildman–Crippen LogP) is 3.00. The molecule has 3 N–H and O–H groups in total. The number of carboxylic acid groups (broad SMARTS) is 1. The fourth-order valence-corrected chi connectivity index (χ4v) is 3.30. The maximum atomic E-state index is 12.9. The largest absolute Gasteiger partial charge is 0.480 e. The molecule has 3 unspecified atom stereocenters. The van der Waals surface area contributed by atoms with Crippen LogP contribution in [0.3, 0.4) is 0 Å². The summed E-state index contributed by atoms with van der Waals surface area (Å²) in [5, 5.41) is 14.2. The Balaban J connectivity index is 1.65. The zero-order valence-electron chi connectivity index (χ0n) is 16.1. The van der Waals surface area contributed by atoms with Crippen LogP contribution in [0.15, 0.2) is 54.6 Å². The molecule has 1 fully saturated rings. The quantitative estimate of drug-likeness (QED) is 0.696. The van der Waals surface area contributed by atoms with E-state index in [-0.39, 0.29) is 17.9 Å². The smallest absolute Gasteiger partial charge is 0.325 e. The Morgan fingerprint density at radius 2 is 1.76 bits per heavy atom. The number of hydrogen-bond acceptors (Lipinski definition) is 4. The van der Waals surface area contributed by atoms with Crippen LogP contribution in [0.5, 0.6) is 0 Å². The first-order valence-electron chi connectivity index (χ1n) is 9.57. The van der Waals surface area contributed by atoms with E-state index in [1.165, 1.54) is 6.92 Å². The number of carboxylic acids is 1. The van der Waals surface area contributed by atoms with Crippen LogP contribution in [-0.4, -0.2) is 35.5 Å². The SMILES string of the molecule is CC(NC(=O)c1ccc(NC(=O)C2CCCOC2c2ccccc2)cc1)C(=O)O. The molecule has 3 atom stereocenters. The van der Waals surface area contributed by atoms with Crippen molar-refractivity contribution in [3.8, 4) is 0 Å². The van der Waals surface area contributed by atoms with Gasteiger partial charge in [-0.1, -0.05) is 30.3 Å². The van der Waals surface area contributed by atoms with Crippen LogP contribution < -0.4 is 10.6 Å². The summed E-state index contributed by atoms with van der Waals surface area (Å²) in [7, 11) is 0. The lowest BCUT2D eigenvalue weighted by Gasteiger charge is -2.31. The number of nitrogens with one attached hydrogen (secondary N) is 2. The third-order valence-corrected chi connectivity index (χ3v) is 4.92. The van der Waals surface area contributed by atoms with Crippen LogP contribution in [-0.2, 0) is 14.3 Å². The number of ether oxygens (including phenoxy) is 1. The molecule has 7 heteroatoms. The molecule has 29 heavy (non-hydrogen) atoms. The van der Waals surface area contributed by atoms with E-state index in [1.807, 2.05) is 30.3 Å². The highest BCUT2D eigenvalue weighted by atomic mass is 16.5. The van der Waals surface area contributed by atoms with E-state index in [2.05, 4.69) is 10.6 Å². The molecular formula is C22H24N2O5. The predicted molar refractivity (Wildman–Crippen MR) is 107 cm³/mol. The number of amides is 2. The van der Waals surface area contributed by atoms with Gasteiger partial charge >= 0.3 is 5.97 Å². The van der Waals surface area contributed by atoms with E-state index in [0.29, 0.717) is 17.9 Å². The van der Waals surface area contributed by atoms with Crippen molar-refractivity contribution in [3.05, 3.63) is 65.7 Å². The highest BCUT2D eigenvalue weighted by Crippen LogP contribution is 2.34. The summed E-state index contributed by atoms with van der Waals surface area (Å²) < 4.78 is 5.88. The molecule has 0 aliphatic carbocycles. The first-order chi connectivity index (χ1) is 14.0. The van der Waals surface area contributed by atoms with E-state index in [0.717, 1.165) is 18.4 Å². The fraction of sp³-hybridized carbons (Fsp3) is 0.318. The highest BCUT2D eigenvalue weighted by molar-refractivity contribution is 5.98. The number of hydrogen-bond donors (Lipinski definition) is 3. The normalized spacial score (nSPS) is 19.8. The molecule has 2 aromatic rings. The fourth-order valence-electron chi connectivity index (χ4n) is 3.30. The van der Waals surface area contributed by atoms with Crippen LogP contribution in [0.4, 0.5) is 5.69 Å². The lowest BCUT2D eigenvalue weighted by Crippen LogP contribution is -2.38. The number of aliphatic carboxylic acids is 1. The van der Waals surface area contributed by atoms with Gasteiger partial charge in [0, 0.05) is 17.9 Å². The zero-order valence-corrected chi connectivity index (χ0v) is 16.1. The maximum absolute atomic E-state index is 12.9. The number of benzene rings is 2. The molecule has 152 valence electrons. The van der Waals surface area contributed by atoms with E-state index in [4.69, 9.17) is 9.84 Å². The summed E-state index contributed by atoms with van der Waals surface area (Å²) in [6.07, 6.45) is 1.27. The topological polar surface area (TPSA) is 105 Å². The van der Waals surface area contributed by atoms with E-state index in [1.54, 1.807) is 24.3 Å². The molecule has 1 aliphatic rings. The first kappa shape index (κ1) is 20.5. The minimum atomic E-state index is -1.11. The minimum absolute atomic E-state index is 0.129. The highest BCUT2D eigenvalue weighted by Gasteiger charge is 2.33. The van der Waals surface area contributed by atoms with Gasteiger partial charge in [-0.3, -0.25) is 14.4 Å². The Morgan fingerprint density at radius 3 is 2.41 bits per heavy atom. The van der Waals surface area contributed by atoms with Crippen molar-refractivity contribution >= 4 is 23.5 Å². The van der Waals surface area contributed by atoms with Gasteiger partial charge in [0.25, 0.3) is 5.91 Å². The molecule has 0 aromatic heterocycles. The lowest BCUT2D eigenvalue weighted by atomic mass is 9.88. The van der Waals surface area contributed by atoms with Crippen molar-refractivity contribution in [2.24, 2.45) is 5.92 Å². The summed E-state index contributed by atoms with van der Waals surface area (Å²) >= 11 is 0. The van der Waals surface area contributed by atoms with Crippen molar-refractivity contribution in [1.29, 1.82) is 0 Å². The second-order valence-electron chi connectivity index (χ2n) is 7.05. The number of anilines is 1. The molecule has 1 aliphatic heterocycles. The molecule has 7 nitrogen and oxygen atoms in total. The summed E-state index contributed by atoms with van der Waals surface area (Å²) in [4.78, 5) is 35.8. The summed E-state index contributed by atoms with van der Waals surface area (Å²) in [5.41, 5.74) is 1.86. The molecule has 2 amide bonds. The first-order valence-corrected chi connectivity index (χ1v) is 9.57. The number of rotatable bonds is 6. The van der Waals surface area contributed by atoms with Crippen molar-refractivity contribution in [1.82, 2.24) is 5.32 Å². The third-order valence-electron chi connectivity index (χ3n) is 4.92. The Bertz CT molecular complexity index is 867. The van der Waals surface area contributed by atoms with Gasteiger partial charge in [0.2, 0.25) is 5.91 Å². The van der Waals surface area contributed by atoms with Gasteiger partial charge in [0.05, 0.1) is 12.0 Å². The molecule has 0 spiro atoms. The standard InChI is InChI=1S/C22H24N2O5/c1-14(22(27)28)23-20(25)16-9-11-17(12-10-16)24-21(26)18-8-5-13-29-19(18)15-6-3-2-4-7-15/h2-4,6-7,9-12,14,18-19H,5,8,13H2,1H3,(H,23,25)(H,24,26)(H,27,28). The van der Waals surface area contributed by atoms with Crippen molar-refractivity contribution in [3.63, 3.8) is 0 Å². The number of carbonyl (C=O) groups is 3. The molecular weight excluding hydrogens is 372 g/mol. The molecule has 1 heterocycles. The van der Waals surface area contributed by atoms with Gasteiger partial charge in [-0.2, -0.15) is 0 Å². The van der Waals surface area contributed by atoms with E-state index < -0.39 is 17.9 Å². The average Bonchev–Trinajstić information content (AvgIpc) is 2.74. The molecule has 0 bridgehead atoms. The van der Waals surface area contributed by atoms with Gasteiger partial charge in [-0.15, -0.1) is 0 Å². The summed E-state index contributed by atoms with van der Waals surface area (Å²) in [5.74, 6) is -2.02. The molecule has 2 aromatic carbocycles. The monoisotopic (exact) mass is 396 g/mol. The van der Waals surface area contributed by atoms with Gasteiger partial charge in [-0.25, -0.2) is 0 Å². The second-order valence-corrected chi connectivity index (χ2v) is 7.05. The summed E-state index contributed by atoms with van der Waals surface area (Å²) in [6, 6.07) is 15.1. The van der Waals surface area contributed by atoms with Crippen LogP contribution >= 0.6 is 0 Å². The third kappa shape index (κ3) is 5.20.